The number of ether oxygens (including phenoxy) is 1. The van der Waals surface area contributed by atoms with Crippen LogP contribution in [0.4, 0.5) is 10.8 Å². The summed E-state index contributed by atoms with van der Waals surface area (Å²) in [6.07, 6.45) is 0. The van der Waals surface area contributed by atoms with Gasteiger partial charge in [-0.2, -0.15) is 0 Å². The van der Waals surface area contributed by atoms with Gasteiger partial charge < -0.3 is 4.74 Å². The molecule has 1 N–H and O–H groups in total. The normalized spacial score (nSPS) is 11.0. The first-order chi connectivity index (χ1) is 10.8. The van der Waals surface area contributed by atoms with E-state index in [2.05, 4.69) is 14.9 Å². The number of hydrogen-bond acceptors (Lipinski definition) is 9. The molecule has 1 aromatic carbocycles. The van der Waals surface area contributed by atoms with E-state index < -0.39 is 20.9 Å². The maximum atomic E-state index is 12.1. The lowest BCUT2D eigenvalue weighted by atomic mass is 10.3. The van der Waals surface area contributed by atoms with Crippen LogP contribution < -0.4 is 4.72 Å². The number of aromatic nitrogens is 2. The van der Waals surface area contributed by atoms with Crippen LogP contribution in [0.5, 0.6) is 0 Å². The second kappa shape index (κ2) is 6.66. The molecule has 10 nitrogen and oxygen atoms in total. The van der Waals surface area contributed by atoms with Gasteiger partial charge in [0.25, 0.3) is 15.7 Å². The Kier molecular flexibility index (Phi) is 4.86. The fourth-order valence-corrected chi connectivity index (χ4v) is 3.33. The first kappa shape index (κ1) is 16.8. The van der Waals surface area contributed by atoms with Gasteiger partial charge in [0, 0.05) is 12.1 Å². The summed E-state index contributed by atoms with van der Waals surface area (Å²) in [5.41, 5.74) is -0.232. The molecule has 0 aliphatic rings. The lowest BCUT2D eigenvalue weighted by Crippen LogP contribution is -2.12. The molecule has 122 valence electrons. The number of benzene rings is 1. The molecular formula is C11H10N4O6S2. The molecule has 1 aromatic heterocycles. The minimum absolute atomic E-state index is 0.0896. The maximum Gasteiger partial charge on any atom is 0.369 e. The molecule has 0 bridgehead atoms. The summed E-state index contributed by atoms with van der Waals surface area (Å²) < 4.78 is 31.1. The highest BCUT2D eigenvalue weighted by molar-refractivity contribution is 7.93. The predicted octanol–water partition coefficient (Wildman–Crippen LogP) is 1.42. The summed E-state index contributed by atoms with van der Waals surface area (Å²) in [6, 6.07) is 4.32. The van der Waals surface area contributed by atoms with E-state index in [0.717, 1.165) is 24.3 Å². The summed E-state index contributed by atoms with van der Waals surface area (Å²) >= 11 is 0.715. The monoisotopic (exact) mass is 358 g/mol. The Bertz CT molecular complexity index is 830. The molecule has 0 fully saturated rings. The van der Waals surface area contributed by atoms with E-state index in [1.165, 1.54) is 0 Å². The van der Waals surface area contributed by atoms with Gasteiger partial charge in [0.15, 0.2) is 0 Å². The number of hydrogen-bond donors (Lipinski definition) is 1. The van der Waals surface area contributed by atoms with Gasteiger partial charge in [0.1, 0.15) is 0 Å². The number of rotatable bonds is 6. The van der Waals surface area contributed by atoms with Crippen LogP contribution in [0.3, 0.4) is 0 Å². The Morgan fingerprint density at radius 1 is 1.35 bits per heavy atom. The van der Waals surface area contributed by atoms with E-state index in [1.807, 2.05) is 0 Å². The average molecular weight is 358 g/mol. The number of nitro benzene ring substituents is 1. The number of carbonyl (C=O) groups excluding carboxylic acids is 1. The van der Waals surface area contributed by atoms with E-state index in [9.17, 15) is 23.3 Å². The van der Waals surface area contributed by atoms with Crippen LogP contribution in [0.1, 0.15) is 16.7 Å². The van der Waals surface area contributed by atoms with Crippen LogP contribution >= 0.6 is 11.3 Å². The largest absolute Gasteiger partial charge is 0.461 e. The first-order valence-corrected chi connectivity index (χ1v) is 8.41. The minimum atomic E-state index is -4.00. The SMILES string of the molecule is CCOC(=O)c1nnc(NS(=O)(=O)c2ccc([N+](=O)[O-])cc2)s1. The Balaban J connectivity index is 2.18. The molecule has 0 radical (unpaired) electrons. The zero-order valence-corrected chi connectivity index (χ0v) is 13.3. The Morgan fingerprint density at radius 3 is 2.57 bits per heavy atom. The van der Waals surface area contributed by atoms with Crippen molar-refractivity contribution in [3.63, 3.8) is 0 Å². The van der Waals surface area contributed by atoms with Gasteiger partial charge in [0.05, 0.1) is 16.4 Å². The van der Waals surface area contributed by atoms with E-state index in [-0.39, 0.29) is 27.3 Å². The van der Waals surface area contributed by atoms with Crippen LogP contribution in [-0.2, 0) is 14.8 Å². The highest BCUT2D eigenvalue weighted by atomic mass is 32.2. The van der Waals surface area contributed by atoms with E-state index in [1.54, 1.807) is 6.92 Å². The molecule has 0 amide bonds. The second-order valence-corrected chi connectivity index (χ2v) is 6.65. The van der Waals surface area contributed by atoms with Gasteiger partial charge >= 0.3 is 5.97 Å². The fraction of sp³-hybridized carbons (Fsp3) is 0.182. The van der Waals surface area contributed by atoms with Crippen molar-refractivity contribution in [1.29, 1.82) is 0 Å². The van der Waals surface area contributed by atoms with Crippen molar-refractivity contribution in [3.8, 4) is 0 Å². The summed E-state index contributed by atoms with van der Waals surface area (Å²) in [7, 11) is -4.00. The number of nitrogens with zero attached hydrogens (tertiary/aromatic N) is 3. The highest BCUT2D eigenvalue weighted by Gasteiger charge is 2.20. The number of sulfonamides is 1. The number of nitrogens with one attached hydrogen (secondary N) is 1. The lowest BCUT2D eigenvalue weighted by molar-refractivity contribution is -0.384. The van der Waals surface area contributed by atoms with E-state index in [0.29, 0.717) is 11.3 Å². The Hall–Kier alpha value is -2.60. The molecule has 0 saturated heterocycles. The number of carbonyl (C=O) groups is 1. The molecule has 0 spiro atoms. The van der Waals surface area contributed by atoms with Crippen molar-refractivity contribution in [2.75, 3.05) is 11.3 Å². The molecular weight excluding hydrogens is 348 g/mol. The molecule has 0 unspecified atom stereocenters. The molecule has 12 heteroatoms. The molecule has 1 heterocycles. The summed E-state index contributed by atoms with van der Waals surface area (Å²) in [4.78, 5) is 21.2. The van der Waals surface area contributed by atoms with Gasteiger partial charge in [-0.15, -0.1) is 10.2 Å². The zero-order chi connectivity index (χ0) is 17.0. The van der Waals surface area contributed by atoms with Crippen LogP contribution in [0.15, 0.2) is 29.2 Å². The highest BCUT2D eigenvalue weighted by Crippen LogP contribution is 2.22. The standard InChI is InChI=1S/C11H10N4O6S2/c1-2-21-10(16)9-12-13-11(22-9)14-23(19,20)8-5-3-7(4-6-8)15(17)18/h3-6H,2H2,1H3,(H,13,14). The van der Waals surface area contributed by atoms with Gasteiger partial charge in [0.2, 0.25) is 10.1 Å². The molecule has 0 aliphatic heterocycles. The van der Waals surface area contributed by atoms with Crippen molar-refractivity contribution < 1.29 is 22.9 Å². The molecule has 2 rings (SSSR count). The van der Waals surface area contributed by atoms with Crippen molar-refractivity contribution >= 4 is 38.1 Å². The third-order valence-corrected chi connectivity index (χ3v) is 4.76. The van der Waals surface area contributed by atoms with Crippen LogP contribution in [0.2, 0.25) is 0 Å². The van der Waals surface area contributed by atoms with Gasteiger partial charge in [-0.3, -0.25) is 14.8 Å². The van der Waals surface area contributed by atoms with Crippen LogP contribution in [-0.4, -0.2) is 36.1 Å². The topological polar surface area (TPSA) is 141 Å². The summed E-state index contributed by atoms with van der Waals surface area (Å²) in [6.45, 7) is 1.78. The molecule has 0 saturated carbocycles. The number of esters is 1. The fourth-order valence-electron chi connectivity index (χ4n) is 1.46. The van der Waals surface area contributed by atoms with Crippen LogP contribution in [0.25, 0.3) is 0 Å². The smallest absolute Gasteiger partial charge is 0.369 e. The third kappa shape index (κ3) is 3.98. The van der Waals surface area contributed by atoms with E-state index in [4.69, 9.17) is 4.74 Å². The van der Waals surface area contributed by atoms with E-state index >= 15 is 0 Å². The van der Waals surface area contributed by atoms with Gasteiger partial charge in [-0.25, -0.2) is 13.2 Å². The van der Waals surface area contributed by atoms with Crippen LogP contribution in [0, 0.1) is 10.1 Å². The third-order valence-electron chi connectivity index (χ3n) is 2.45. The average Bonchev–Trinajstić information content (AvgIpc) is 2.95. The summed E-state index contributed by atoms with van der Waals surface area (Å²) in [5.74, 6) is -0.703. The zero-order valence-electron chi connectivity index (χ0n) is 11.6. The Morgan fingerprint density at radius 2 is 2.00 bits per heavy atom. The van der Waals surface area contributed by atoms with Crippen molar-refractivity contribution in [2.24, 2.45) is 0 Å². The second-order valence-electron chi connectivity index (χ2n) is 3.99. The summed E-state index contributed by atoms with van der Waals surface area (Å²) in [5, 5.41) is 17.4. The minimum Gasteiger partial charge on any atom is -0.461 e. The predicted molar refractivity (Wildman–Crippen MR) is 79.8 cm³/mol. The first-order valence-electron chi connectivity index (χ1n) is 6.11. The molecule has 0 aliphatic carbocycles. The van der Waals surface area contributed by atoms with Crippen molar-refractivity contribution in [2.45, 2.75) is 11.8 Å². The lowest BCUT2D eigenvalue weighted by Gasteiger charge is -2.03. The molecule has 23 heavy (non-hydrogen) atoms. The quantitative estimate of drug-likeness (QED) is 0.464. The van der Waals surface area contributed by atoms with Gasteiger partial charge in [-0.1, -0.05) is 11.3 Å². The Labute approximate surface area is 134 Å². The van der Waals surface area contributed by atoms with Crippen molar-refractivity contribution in [1.82, 2.24) is 10.2 Å². The van der Waals surface area contributed by atoms with Crippen molar-refractivity contribution in [3.05, 3.63) is 39.4 Å². The molecule has 0 atom stereocenters. The maximum absolute atomic E-state index is 12.1. The number of nitro groups is 1. The van der Waals surface area contributed by atoms with Gasteiger partial charge in [-0.05, 0) is 19.1 Å². The number of non-ortho nitro benzene ring substituents is 1. The molecule has 2 aromatic rings. The number of anilines is 1.